The van der Waals surface area contributed by atoms with E-state index in [1.165, 1.54) is 0 Å². The zero-order valence-electron chi connectivity index (χ0n) is 12.0. The Morgan fingerprint density at radius 1 is 1.30 bits per heavy atom. The van der Waals surface area contributed by atoms with Crippen molar-refractivity contribution in [1.82, 2.24) is 10.6 Å². The van der Waals surface area contributed by atoms with E-state index in [0.717, 1.165) is 13.0 Å². The number of carbonyl (C=O) groups is 1. The lowest BCUT2D eigenvalue weighted by molar-refractivity contribution is -0.130. The van der Waals surface area contributed by atoms with Crippen LogP contribution in [0.5, 0.6) is 11.5 Å². The van der Waals surface area contributed by atoms with Gasteiger partial charge in [-0.1, -0.05) is 26.0 Å². The van der Waals surface area contributed by atoms with Crippen molar-refractivity contribution in [3.05, 3.63) is 24.3 Å². The minimum absolute atomic E-state index is 0.121. The van der Waals surface area contributed by atoms with Crippen molar-refractivity contribution in [3.63, 3.8) is 0 Å². The van der Waals surface area contributed by atoms with Gasteiger partial charge in [0.25, 0.3) is 5.91 Å². The highest BCUT2D eigenvalue weighted by molar-refractivity contribution is 5.81. The highest BCUT2D eigenvalue weighted by Gasteiger charge is 2.26. The standard InChI is InChI=1S/C15H22N2O3/c1-11(2)16-8-5-9-17-15(18)14-10-19-12-6-3-4-7-13(12)20-14/h3-4,6-7,11,14,16H,5,8-10H2,1-2H3,(H,17,18). The molecule has 0 spiro atoms. The van der Waals surface area contributed by atoms with Crippen LogP contribution < -0.4 is 20.1 Å². The maximum Gasteiger partial charge on any atom is 0.264 e. The molecule has 20 heavy (non-hydrogen) atoms. The molecular formula is C15H22N2O3. The summed E-state index contributed by atoms with van der Waals surface area (Å²) in [5.74, 6) is 1.20. The smallest absolute Gasteiger partial charge is 0.264 e. The third kappa shape index (κ3) is 4.13. The van der Waals surface area contributed by atoms with Crippen LogP contribution in [-0.2, 0) is 4.79 Å². The van der Waals surface area contributed by atoms with E-state index in [4.69, 9.17) is 9.47 Å². The van der Waals surface area contributed by atoms with Gasteiger partial charge in [0.05, 0.1) is 0 Å². The van der Waals surface area contributed by atoms with Gasteiger partial charge in [-0.25, -0.2) is 0 Å². The molecule has 5 heteroatoms. The normalized spacial score (nSPS) is 17.1. The van der Waals surface area contributed by atoms with E-state index in [-0.39, 0.29) is 12.5 Å². The number of para-hydroxylation sites is 2. The van der Waals surface area contributed by atoms with Gasteiger partial charge in [0.2, 0.25) is 6.10 Å². The second-order valence-electron chi connectivity index (χ2n) is 5.12. The van der Waals surface area contributed by atoms with Gasteiger partial charge in [-0.3, -0.25) is 4.79 Å². The summed E-state index contributed by atoms with van der Waals surface area (Å²) in [5.41, 5.74) is 0. The van der Waals surface area contributed by atoms with Crippen LogP contribution in [0.2, 0.25) is 0 Å². The monoisotopic (exact) mass is 278 g/mol. The predicted molar refractivity (Wildman–Crippen MR) is 77.1 cm³/mol. The Bertz CT molecular complexity index is 448. The lowest BCUT2D eigenvalue weighted by Crippen LogP contribution is -2.44. The minimum atomic E-state index is -0.567. The number of hydrogen-bond acceptors (Lipinski definition) is 4. The number of hydrogen-bond donors (Lipinski definition) is 2. The molecule has 1 aromatic rings. The third-order valence-electron chi connectivity index (χ3n) is 3.01. The van der Waals surface area contributed by atoms with E-state index in [1.54, 1.807) is 6.07 Å². The first kappa shape index (κ1) is 14.7. The third-order valence-corrected chi connectivity index (χ3v) is 3.01. The molecule has 2 rings (SSSR count). The topological polar surface area (TPSA) is 59.6 Å². The van der Waals surface area contributed by atoms with Gasteiger partial charge in [0.1, 0.15) is 6.61 Å². The zero-order chi connectivity index (χ0) is 14.4. The molecule has 0 bridgehead atoms. The Hall–Kier alpha value is -1.75. The molecule has 2 N–H and O–H groups in total. The molecule has 1 aliphatic heterocycles. The van der Waals surface area contributed by atoms with Crippen LogP contribution in [0.15, 0.2) is 24.3 Å². The number of carbonyl (C=O) groups excluding carboxylic acids is 1. The van der Waals surface area contributed by atoms with Gasteiger partial charge >= 0.3 is 0 Å². The van der Waals surface area contributed by atoms with Crippen molar-refractivity contribution in [3.8, 4) is 11.5 Å². The molecule has 1 aliphatic rings. The van der Waals surface area contributed by atoms with Crippen molar-refractivity contribution in [2.75, 3.05) is 19.7 Å². The van der Waals surface area contributed by atoms with Crippen LogP contribution in [0, 0.1) is 0 Å². The lowest BCUT2D eigenvalue weighted by atomic mass is 10.2. The quantitative estimate of drug-likeness (QED) is 0.771. The number of benzene rings is 1. The summed E-state index contributed by atoms with van der Waals surface area (Å²) < 4.78 is 11.2. The van der Waals surface area contributed by atoms with Gasteiger partial charge in [-0.15, -0.1) is 0 Å². The van der Waals surface area contributed by atoms with Crippen LogP contribution in [0.25, 0.3) is 0 Å². The summed E-state index contributed by atoms with van der Waals surface area (Å²) >= 11 is 0. The molecule has 1 aromatic carbocycles. The molecule has 1 heterocycles. The molecule has 0 fully saturated rings. The molecule has 5 nitrogen and oxygen atoms in total. The summed E-state index contributed by atoms with van der Waals surface area (Å²) in [5, 5.41) is 6.18. The van der Waals surface area contributed by atoms with Crippen LogP contribution in [0.1, 0.15) is 20.3 Å². The number of fused-ring (bicyclic) bond motifs is 1. The van der Waals surface area contributed by atoms with Crippen molar-refractivity contribution in [1.29, 1.82) is 0 Å². The molecule has 0 radical (unpaired) electrons. The van der Waals surface area contributed by atoms with Crippen molar-refractivity contribution < 1.29 is 14.3 Å². The van der Waals surface area contributed by atoms with E-state index in [1.807, 2.05) is 18.2 Å². The minimum Gasteiger partial charge on any atom is -0.485 e. The van der Waals surface area contributed by atoms with E-state index in [0.29, 0.717) is 24.1 Å². The summed E-state index contributed by atoms with van der Waals surface area (Å²) in [7, 11) is 0. The average Bonchev–Trinajstić information content (AvgIpc) is 2.46. The van der Waals surface area contributed by atoms with E-state index in [9.17, 15) is 4.79 Å². The van der Waals surface area contributed by atoms with Crippen LogP contribution in [-0.4, -0.2) is 37.7 Å². The summed E-state index contributed by atoms with van der Waals surface area (Å²) in [6, 6.07) is 7.85. The van der Waals surface area contributed by atoms with Crippen molar-refractivity contribution in [2.45, 2.75) is 32.4 Å². The SMILES string of the molecule is CC(C)NCCCNC(=O)C1COc2ccccc2O1. The molecule has 1 unspecified atom stereocenters. The molecule has 110 valence electrons. The first-order chi connectivity index (χ1) is 9.66. The Labute approximate surface area is 119 Å². The fraction of sp³-hybridized carbons (Fsp3) is 0.533. The zero-order valence-corrected chi connectivity index (χ0v) is 12.0. The number of ether oxygens (including phenoxy) is 2. The first-order valence-electron chi connectivity index (χ1n) is 7.06. The second kappa shape index (κ2) is 7.14. The highest BCUT2D eigenvalue weighted by atomic mass is 16.6. The number of amides is 1. The van der Waals surface area contributed by atoms with Crippen LogP contribution in [0.4, 0.5) is 0 Å². The Morgan fingerprint density at radius 2 is 2.05 bits per heavy atom. The van der Waals surface area contributed by atoms with E-state index < -0.39 is 6.10 Å². The van der Waals surface area contributed by atoms with Gasteiger partial charge in [0, 0.05) is 12.6 Å². The number of rotatable bonds is 6. The molecule has 0 saturated heterocycles. The first-order valence-corrected chi connectivity index (χ1v) is 7.06. The second-order valence-corrected chi connectivity index (χ2v) is 5.12. The summed E-state index contributed by atoms with van der Waals surface area (Å²) in [6.07, 6.45) is 0.330. The van der Waals surface area contributed by atoms with Gasteiger partial charge in [0.15, 0.2) is 11.5 Å². The molecule has 1 atom stereocenters. The highest BCUT2D eigenvalue weighted by Crippen LogP contribution is 2.30. The Balaban J connectivity index is 1.72. The fourth-order valence-electron chi connectivity index (χ4n) is 1.95. The molecule has 1 amide bonds. The van der Waals surface area contributed by atoms with Crippen molar-refractivity contribution in [2.24, 2.45) is 0 Å². The lowest BCUT2D eigenvalue weighted by Gasteiger charge is -2.25. The Kier molecular flexibility index (Phi) is 5.24. The van der Waals surface area contributed by atoms with Gasteiger partial charge in [-0.05, 0) is 25.1 Å². The van der Waals surface area contributed by atoms with Gasteiger partial charge < -0.3 is 20.1 Å². The molecule has 0 aromatic heterocycles. The molecule has 0 aliphatic carbocycles. The van der Waals surface area contributed by atoms with E-state index in [2.05, 4.69) is 24.5 Å². The van der Waals surface area contributed by atoms with Crippen LogP contribution >= 0.6 is 0 Å². The van der Waals surface area contributed by atoms with E-state index >= 15 is 0 Å². The Morgan fingerprint density at radius 3 is 2.80 bits per heavy atom. The number of nitrogens with one attached hydrogen (secondary N) is 2. The fourth-order valence-corrected chi connectivity index (χ4v) is 1.95. The molecular weight excluding hydrogens is 256 g/mol. The summed E-state index contributed by atoms with van der Waals surface area (Å²) in [6.45, 7) is 5.99. The molecule has 0 saturated carbocycles. The predicted octanol–water partition coefficient (Wildman–Crippen LogP) is 1.33. The van der Waals surface area contributed by atoms with Crippen LogP contribution in [0.3, 0.4) is 0 Å². The average molecular weight is 278 g/mol. The maximum atomic E-state index is 12.0. The van der Waals surface area contributed by atoms with Crippen molar-refractivity contribution >= 4 is 5.91 Å². The largest absolute Gasteiger partial charge is 0.485 e. The van der Waals surface area contributed by atoms with Gasteiger partial charge in [-0.2, -0.15) is 0 Å². The maximum absolute atomic E-state index is 12.0. The summed E-state index contributed by atoms with van der Waals surface area (Å²) in [4.78, 5) is 12.0.